The van der Waals surface area contributed by atoms with Gasteiger partial charge in [-0.15, -0.1) is 0 Å². The highest BCUT2D eigenvalue weighted by Crippen LogP contribution is 2.49. The highest BCUT2D eigenvalue weighted by Gasteiger charge is 2.21. The third kappa shape index (κ3) is 3.09. The van der Waals surface area contributed by atoms with E-state index in [-0.39, 0.29) is 6.16 Å². The van der Waals surface area contributed by atoms with Gasteiger partial charge in [0.25, 0.3) is 0 Å². The molecule has 0 N–H and O–H groups in total. The highest BCUT2D eigenvalue weighted by molar-refractivity contribution is 7.52. The molecule has 96 valence electrons. The molecule has 2 aromatic rings. The van der Waals surface area contributed by atoms with E-state index < -0.39 is 7.60 Å². The van der Waals surface area contributed by atoms with E-state index in [4.69, 9.17) is 9.05 Å². The summed E-state index contributed by atoms with van der Waals surface area (Å²) in [5.74, 6) is 0. The van der Waals surface area contributed by atoms with E-state index in [1.807, 2.05) is 29.6 Å². The fraction of sp³-hybridized carbons (Fsp3) is 0.231. The van der Waals surface area contributed by atoms with Gasteiger partial charge in [-0.2, -0.15) is 11.3 Å². The third-order valence-electron chi connectivity index (χ3n) is 2.71. The van der Waals surface area contributed by atoms with Crippen LogP contribution in [0.5, 0.6) is 0 Å². The number of rotatable bonds is 5. The smallest absolute Gasteiger partial charge is 0.312 e. The van der Waals surface area contributed by atoms with Crippen LogP contribution in [0.3, 0.4) is 0 Å². The Morgan fingerprint density at radius 3 is 2.56 bits per heavy atom. The van der Waals surface area contributed by atoms with Crippen molar-refractivity contribution >= 4 is 18.9 Å². The summed E-state index contributed by atoms with van der Waals surface area (Å²) in [6.45, 7) is 0. The maximum atomic E-state index is 12.1. The molecule has 2 rings (SSSR count). The van der Waals surface area contributed by atoms with Gasteiger partial charge in [-0.25, -0.2) is 0 Å². The largest absolute Gasteiger partial charge is 0.334 e. The molecule has 0 saturated carbocycles. The average molecular weight is 282 g/mol. The fourth-order valence-corrected chi connectivity index (χ4v) is 3.42. The van der Waals surface area contributed by atoms with Crippen molar-refractivity contribution in [3.8, 4) is 11.1 Å². The summed E-state index contributed by atoms with van der Waals surface area (Å²) in [6.07, 6.45) is 0.290. The zero-order chi connectivity index (χ0) is 13.0. The summed E-state index contributed by atoms with van der Waals surface area (Å²) in [5.41, 5.74) is 3.24. The predicted octanol–water partition coefficient (Wildman–Crippen LogP) is 4.40. The van der Waals surface area contributed by atoms with Crippen molar-refractivity contribution in [3.63, 3.8) is 0 Å². The van der Waals surface area contributed by atoms with E-state index in [1.165, 1.54) is 19.8 Å². The van der Waals surface area contributed by atoms with E-state index >= 15 is 0 Å². The van der Waals surface area contributed by atoms with Crippen LogP contribution in [-0.2, 0) is 19.8 Å². The normalized spacial score (nSPS) is 11.7. The SMILES string of the molecule is COP(=O)(Cc1cccc(-c2ccsc2)c1)OC. The molecule has 0 unspecified atom stereocenters. The maximum Gasteiger partial charge on any atom is 0.334 e. The molecule has 1 aromatic heterocycles. The fourth-order valence-electron chi connectivity index (χ4n) is 1.71. The highest BCUT2D eigenvalue weighted by atomic mass is 32.1. The van der Waals surface area contributed by atoms with Crippen molar-refractivity contribution in [1.82, 2.24) is 0 Å². The second-order valence-electron chi connectivity index (χ2n) is 3.85. The molecule has 1 heterocycles. The Kier molecular flexibility index (Phi) is 4.36. The Labute approximate surface area is 111 Å². The second kappa shape index (κ2) is 5.81. The van der Waals surface area contributed by atoms with E-state index in [1.54, 1.807) is 11.3 Å². The van der Waals surface area contributed by atoms with Gasteiger partial charge in [-0.1, -0.05) is 24.3 Å². The van der Waals surface area contributed by atoms with Crippen LogP contribution in [0, 0.1) is 0 Å². The van der Waals surface area contributed by atoms with Gasteiger partial charge in [-0.3, -0.25) is 4.57 Å². The van der Waals surface area contributed by atoms with Crippen LogP contribution in [0.4, 0.5) is 0 Å². The summed E-state index contributed by atoms with van der Waals surface area (Å²) in [7, 11) is -0.178. The van der Waals surface area contributed by atoms with E-state index in [9.17, 15) is 4.57 Å². The zero-order valence-corrected chi connectivity index (χ0v) is 12.0. The summed E-state index contributed by atoms with van der Waals surface area (Å²) < 4.78 is 22.0. The Morgan fingerprint density at radius 1 is 1.17 bits per heavy atom. The van der Waals surface area contributed by atoms with Crippen molar-refractivity contribution < 1.29 is 13.6 Å². The second-order valence-corrected chi connectivity index (χ2v) is 6.89. The van der Waals surface area contributed by atoms with Gasteiger partial charge in [0.2, 0.25) is 0 Å². The summed E-state index contributed by atoms with van der Waals surface area (Å²) in [6, 6.07) is 10.0. The number of thiophene rings is 1. The first kappa shape index (κ1) is 13.5. The molecule has 0 saturated heterocycles. The summed E-state index contributed by atoms with van der Waals surface area (Å²) in [4.78, 5) is 0. The molecule has 5 heteroatoms. The van der Waals surface area contributed by atoms with Crippen LogP contribution in [-0.4, -0.2) is 14.2 Å². The molecule has 18 heavy (non-hydrogen) atoms. The zero-order valence-electron chi connectivity index (χ0n) is 10.3. The standard InChI is InChI=1S/C13H15O3PS/c1-15-17(14,16-2)9-11-4-3-5-12(8-11)13-6-7-18-10-13/h3-8,10H,9H2,1-2H3. The Balaban J connectivity index is 2.26. The Morgan fingerprint density at radius 2 is 1.94 bits per heavy atom. The van der Waals surface area contributed by atoms with Crippen LogP contribution in [0.25, 0.3) is 11.1 Å². The minimum Gasteiger partial charge on any atom is -0.312 e. The lowest BCUT2D eigenvalue weighted by Crippen LogP contribution is -1.93. The molecular weight excluding hydrogens is 267 g/mol. The van der Waals surface area contributed by atoms with Crippen molar-refractivity contribution in [3.05, 3.63) is 46.7 Å². The maximum absolute atomic E-state index is 12.1. The molecule has 0 aliphatic heterocycles. The molecule has 0 amide bonds. The van der Waals surface area contributed by atoms with Crippen molar-refractivity contribution in [2.75, 3.05) is 14.2 Å². The average Bonchev–Trinajstić information content (AvgIpc) is 2.93. The quantitative estimate of drug-likeness (QED) is 0.762. The lowest BCUT2D eigenvalue weighted by atomic mass is 10.1. The van der Waals surface area contributed by atoms with Crippen LogP contribution >= 0.6 is 18.9 Å². The molecule has 0 spiro atoms. The van der Waals surface area contributed by atoms with Crippen LogP contribution in [0.2, 0.25) is 0 Å². The molecule has 0 radical (unpaired) electrons. The summed E-state index contributed by atoms with van der Waals surface area (Å²) >= 11 is 1.66. The van der Waals surface area contributed by atoms with Crippen molar-refractivity contribution in [1.29, 1.82) is 0 Å². The first-order valence-electron chi connectivity index (χ1n) is 5.49. The lowest BCUT2D eigenvalue weighted by molar-refractivity contribution is 0.275. The lowest BCUT2D eigenvalue weighted by Gasteiger charge is -2.13. The van der Waals surface area contributed by atoms with Crippen LogP contribution < -0.4 is 0 Å². The van der Waals surface area contributed by atoms with E-state index in [2.05, 4.69) is 11.4 Å². The molecule has 3 nitrogen and oxygen atoms in total. The minimum absolute atomic E-state index is 0.290. The molecule has 1 aromatic carbocycles. The van der Waals surface area contributed by atoms with E-state index in [0.717, 1.165) is 11.1 Å². The van der Waals surface area contributed by atoms with Crippen LogP contribution in [0.1, 0.15) is 5.56 Å². The Bertz CT molecular complexity index is 543. The predicted molar refractivity (Wildman–Crippen MR) is 75.1 cm³/mol. The van der Waals surface area contributed by atoms with Gasteiger partial charge in [0.15, 0.2) is 0 Å². The first-order valence-corrected chi connectivity index (χ1v) is 8.16. The van der Waals surface area contributed by atoms with Gasteiger partial charge in [0.1, 0.15) is 0 Å². The minimum atomic E-state index is -3.00. The molecule has 0 aliphatic rings. The summed E-state index contributed by atoms with van der Waals surface area (Å²) in [5, 5.41) is 4.13. The topological polar surface area (TPSA) is 35.5 Å². The number of hydrogen-bond acceptors (Lipinski definition) is 4. The number of benzene rings is 1. The molecule has 0 atom stereocenters. The van der Waals surface area contributed by atoms with Gasteiger partial charge in [-0.05, 0) is 33.5 Å². The van der Waals surface area contributed by atoms with Gasteiger partial charge >= 0.3 is 7.60 Å². The van der Waals surface area contributed by atoms with E-state index in [0.29, 0.717) is 0 Å². The van der Waals surface area contributed by atoms with Gasteiger partial charge in [0, 0.05) is 14.2 Å². The first-order chi connectivity index (χ1) is 8.67. The van der Waals surface area contributed by atoms with Crippen molar-refractivity contribution in [2.45, 2.75) is 6.16 Å². The van der Waals surface area contributed by atoms with Gasteiger partial charge in [0.05, 0.1) is 6.16 Å². The molecule has 0 aliphatic carbocycles. The molecule has 0 bridgehead atoms. The van der Waals surface area contributed by atoms with Crippen molar-refractivity contribution in [2.24, 2.45) is 0 Å². The van der Waals surface area contributed by atoms with Gasteiger partial charge < -0.3 is 9.05 Å². The molecule has 0 fully saturated rings. The number of hydrogen-bond donors (Lipinski definition) is 0. The Hall–Kier alpha value is -0.930. The third-order valence-corrected chi connectivity index (χ3v) is 5.26. The molecular formula is C13H15O3PS. The van der Waals surface area contributed by atoms with Crippen LogP contribution in [0.15, 0.2) is 41.1 Å². The monoisotopic (exact) mass is 282 g/mol.